The van der Waals surface area contributed by atoms with E-state index in [1.807, 2.05) is 13.8 Å². The van der Waals surface area contributed by atoms with Gasteiger partial charge in [-0.2, -0.15) is 0 Å². The Bertz CT molecular complexity index is 811. The number of halogens is 1. The summed E-state index contributed by atoms with van der Waals surface area (Å²) in [7, 11) is 0. The summed E-state index contributed by atoms with van der Waals surface area (Å²) in [5, 5.41) is 17.7. The van der Waals surface area contributed by atoms with Crippen LogP contribution in [-0.4, -0.2) is 23.4 Å². The highest BCUT2D eigenvalue weighted by Crippen LogP contribution is 2.35. The third-order valence-corrected chi connectivity index (χ3v) is 3.90. The molecule has 2 N–H and O–H groups in total. The van der Waals surface area contributed by atoms with Crippen molar-refractivity contribution in [2.75, 3.05) is 6.54 Å². The standard InChI is InChI=1S/C19H22ClN3O4/c1-13(2)22-19(24)9-10-21-12-14-7-8-18(16(11-14)23(25)26)27-17-6-4-3-5-15(17)20/h3-8,11,13,21H,9-10,12H2,1-2H3,(H,22,24). The number of benzene rings is 2. The van der Waals surface area contributed by atoms with Gasteiger partial charge in [-0.3, -0.25) is 14.9 Å². The van der Waals surface area contributed by atoms with Crippen molar-refractivity contribution in [2.24, 2.45) is 0 Å². The van der Waals surface area contributed by atoms with Crippen molar-refractivity contribution >= 4 is 23.2 Å². The minimum Gasteiger partial charge on any atom is -0.449 e. The Hall–Kier alpha value is -2.64. The first-order valence-corrected chi connectivity index (χ1v) is 8.94. The van der Waals surface area contributed by atoms with Crippen molar-refractivity contribution in [1.29, 1.82) is 0 Å². The van der Waals surface area contributed by atoms with Crippen molar-refractivity contribution < 1.29 is 14.5 Å². The van der Waals surface area contributed by atoms with Crippen LogP contribution >= 0.6 is 11.6 Å². The van der Waals surface area contributed by atoms with E-state index in [1.165, 1.54) is 6.07 Å². The van der Waals surface area contributed by atoms with Crippen molar-refractivity contribution in [2.45, 2.75) is 32.9 Å². The highest BCUT2D eigenvalue weighted by atomic mass is 35.5. The zero-order chi connectivity index (χ0) is 19.8. The Morgan fingerprint density at radius 3 is 2.63 bits per heavy atom. The van der Waals surface area contributed by atoms with Gasteiger partial charge in [0.1, 0.15) is 5.75 Å². The molecule has 8 heteroatoms. The quantitative estimate of drug-likeness (QED) is 0.382. The van der Waals surface area contributed by atoms with Crippen LogP contribution in [0.15, 0.2) is 42.5 Å². The average molecular weight is 392 g/mol. The fourth-order valence-electron chi connectivity index (χ4n) is 2.38. The minimum atomic E-state index is -0.494. The molecule has 144 valence electrons. The molecule has 0 atom stereocenters. The molecular weight excluding hydrogens is 370 g/mol. The fourth-order valence-corrected chi connectivity index (χ4v) is 2.55. The van der Waals surface area contributed by atoms with E-state index in [4.69, 9.17) is 16.3 Å². The molecule has 0 fully saturated rings. The van der Waals surface area contributed by atoms with Gasteiger partial charge in [0.05, 0.1) is 9.95 Å². The van der Waals surface area contributed by atoms with Gasteiger partial charge in [0.15, 0.2) is 0 Å². The number of nitro benzene ring substituents is 1. The number of nitrogens with one attached hydrogen (secondary N) is 2. The van der Waals surface area contributed by atoms with Crippen LogP contribution < -0.4 is 15.4 Å². The van der Waals surface area contributed by atoms with E-state index in [2.05, 4.69) is 10.6 Å². The predicted molar refractivity (Wildman–Crippen MR) is 104 cm³/mol. The number of carbonyl (C=O) groups excluding carboxylic acids is 1. The van der Waals surface area contributed by atoms with E-state index in [-0.39, 0.29) is 23.4 Å². The molecule has 2 rings (SSSR count). The lowest BCUT2D eigenvalue weighted by Crippen LogP contribution is -2.32. The first kappa shape index (κ1) is 20.7. The number of carbonyl (C=O) groups is 1. The summed E-state index contributed by atoms with van der Waals surface area (Å²) < 4.78 is 5.60. The number of nitrogens with zero attached hydrogens (tertiary/aromatic N) is 1. The molecule has 27 heavy (non-hydrogen) atoms. The lowest BCUT2D eigenvalue weighted by molar-refractivity contribution is -0.385. The van der Waals surface area contributed by atoms with Crippen molar-refractivity contribution in [3.05, 3.63) is 63.2 Å². The highest BCUT2D eigenvalue weighted by molar-refractivity contribution is 6.32. The van der Waals surface area contributed by atoms with E-state index in [0.717, 1.165) is 5.56 Å². The number of para-hydroxylation sites is 1. The van der Waals surface area contributed by atoms with Crippen LogP contribution in [0.25, 0.3) is 0 Å². The zero-order valence-corrected chi connectivity index (χ0v) is 16.0. The van der Waals surface area contributed by atoms with E-state index >= 15 is 0 Å². The Morgan fingerprint density at radius 1 is 1.22 bits per heavy atom. The van der Waals surface area contributed by atoms with Crippen molar-refractivity contribution in [3.8, 4) is 11.5 Å². The largest absolute Gasteiger partial charge is 0.449 e. The van der Waals surface area contributed by atoms with Crippen molar-refractivity contribution in [1.82, 2.24) is 10.6 Å². The van der Waals surface area contributed by atoms with Gasteiger partial charge in [-0.25, -0.2) is 0 Å². The molecule has 0 saturated heterocycles. The predicted octanol–water partition coefficient (Wildman–Crippen LogP) is 4.04. The molecule has 0 aromatic heterocycles. The SMILES string of the molecule is CC(C)NC(=O)CCNCc1ccc(Oc2ccccc2Cl)c([N+](=O)[O-])c1. The number of rotatable bonds is 9. The molecule has 0 heterocycles. The average Bonchev–Trinajstić information content (AvgIpc) is 2.61. The van der Waals surface area contributed by atoms with E-state index in [0.29, 0.717) is 30.3 Å². The maximum Gasteiger partial charge on any atom is 0.311 e. The molecule has 2 aromatic rings. The van der Waals surface area contributed by atoms with Crippen LogP contribution in [0.3, 0.4) is 0 Å². The van der Waals surface area contributed by atoms with Gasteiger partial charge in [-0.1, -0.05) is 29.8 Å². The second kappa shape index (κ2) is 9.89. The van der Waals surface area contributed by atoms with Gasteiger partial charge < -0.3 is 15.4 Å². The van der Waals surface area contributed by atoms with Crippen LogP contribution in [0.2, 0.25) is 5.02 Å². The fraction of sp³-hybridized carbons (Fsp3) is 0.316. The number of hydrogen-bond donors (Lipinski definition) is 2. The van der Waals surface area contributed by atoms with Crippen LogP contribution in [-0.2, 0) is 11.3 Å². The Morgan fingerprint density at radius 2 is 1.96 bits per heavy atom. The first-order chi connectivity index (χ1) is 12.9. The third kappa shape index (κ3) is 6.54. The van der Waals surface area contributed by atoms with Gasteiger partial charge in [-0.15, -0.1) is 0 Å². The summed E-state index contributed by atoms with van der Waals surface area (Å²) in [6.45, 7) is 4.68. The smallest absolute Gasteiger partial charge is 0.311 e. The summed E-state index contributed by atoms with van der Waals surface area (Å²) in [4.78, 5) is 22.5. The van der Waals surface area contributed by atoms with Crippen LogP contribution in [0.4, 0.5) is 5.69 Å². The Balaban J connectivity index is 1.99. The summed E-state index contributed by atoms with van der Waals surface area (Å²) in [6.07, 6.45) is 0.341. The molecule has 1 amide bonds. The second-order valence-corrected chi connectivity index (χ2v) is 6.65. The van der Waals surface area contributed by atoms with Crippen LogP contribution in [0.5, 0.6) is 11.5 Å². The first-order valence-electron chi connectivity index (χ1n) is 8.56. The molecule has 0 aliphatic carbocycles. The monoisotopic (exact) mass is 391 g/mol. The topological polar surface area (TPSA) is 93.5 Å². The molecular formula is C19H22ClN3O4. The molecule has 0 saturated carbocycles. The van der Waals surface area contributed by atoms with Gasteiger partial charge in [-0.05, 0) is 37.6 Å². The molecule has 0 aliphatic rings. The molecule has 2 aromatic carbocycles. The maximum atomic E-state index is 11.6. The number of amides is 1. The summed E-state index contributed by atoms with van der Waals surface area (Å²) in [5.41, 5.74) is 0.573. The minimum absolute atomic E-state index is 0.0352. The Kier molecular flexibility index (Phi) is 7.57. The number of hydrogen-bond acceptors (Lipinski definition) is 5. The lowest BCUT2D eigenvalue weighted by Gasteiger charge is -2.10. The summed E-state index contributed by atoms with van der Waals surface area (Å²) >= 11 is 6.04. The molecule has 0 bridgehead atoms. The van der Waals surface area contributed by atoms with E-state index in [1.54, 1.807) is 36.4 Å². The number of ether oxygens (including phenoxy) is 1. The lowest BCUT2D eigenvalue weighted by atomic mass is 10.2. The van der Waals surface area contributed by atoms with Gasteiger partial charge in [0.2, 0.25) is 11.7 Å². The van der Waals surface area contributed by atoms with E-state index < -0.39 is 4.92 Å². The van der Waals surface area contributed by atoms with Crippen molar-refractivity contribution in [3.63, 3.8) is 0 Å². The second-order valence-electron chi connectivity index (χ2n) is 6.24. The van der Waals surface area contributed by atoms with Crippen LogP contribution in [0.1, 0.15) is 25.8 Å². The molecule has 0 aliphatic heterocycles. The van der Waals surface area contributed by atoms with E-state index in [9.17, 15) is 14.9 Å². The molecule has 0 spiro atoms. The molecule has 7 nitrogen and oxygen atoms in total. The zero-order valence-electron chi connectivity index (χ0n) is 15.2. The third-order valence-electron chi connectivity index (χ3n) is 3.58. The van der Waals surface area contributed by atoms with Gasteiger partial charge in [0.25, 0.3) is 0 Å². The summed E-state index contributed by atoms with van der Waals surface area (Å²) in [6, 6.07) is 11.6. The number of nitro groups is 1. The molecule has 0 radical (unpaired) electrons. The van der Waals surface area contributed by atoms with Gasteiger partial charge in [0, 0.05) is 31.6 Å². The summed E-state index contributed by atoms with van der Waals surface area (Å²) in [5.74, 6) is 0.435. The highest BCUT2D eigenvalue weighted by Gasteiger charge is 2.17. The van der Waals surface area contributed by atoms with Crippen LogP contribution in [0, 0.1) is 10.1 Å². The van der Waals surface area contributed by atoms with Gasteiger partial charge >= 0.3 is 5.69 Å². The normalized spacial score (nSPS) is 10.7. The molecule has 0 unspecified atom stereocenters. The Labute approximate surface area is 162 Å². The maximum absolute atomic E-state index is 11.6.